The van der Waals surface area contributed by atoms with E-state index >= 15 is 0 Å². The van der Waals surface area contributed by atoms with Crippen molar-refractivity contribution in [2.45, 2.75) is 39.8 Å². The molecule has 4 nitrogen and oxygen atoms in total. The van der Waals surface area contributed by atoms with Crippen molar-refractivity contribution in [2.75, 3.05) is 5.32 Å². The molecule has 114 valence electrons. The summed E-state index contributed by atoms with van der Waals surface area (Å²) in [7, 11) is 0. The Balaban J connectivity index is 2.25. The first-order valence-electron chi connectivity index (χ1n) is 7.08. The third kappa shape index (κ3) is 3.95. The van der Waals surface area contributed by atoms with E-state index < -0.39 is 0 Å². The fourth-order valence-corrected chi connectivity index (χ4v) is 3.38. The average molecular weight is 370 g/mol. The zero-order chi connectivity index (χ0) is 15.4. The average Bonchev–Trinajstić information content (AvgIpc) is 2.97. The summed E-state index contributed by atoms with van der Waals surface area (Å²) in [6, 6.07) is 4.34. The molecule has 0 fully saturated rings. The first-order chi connectivity index (χ1) is 10.0. The number of hydrogen-bond donors (Lipinski definition) is 1. The molecule has 0 saturated carbocycles. The van der Waals surface area contributed by atoms with Crippen molar-refractivity contribution >= 4 is 33.0 Å². The standard InChI is InChI=1S/C15H20BrN3OS/c1-4-11(13-6-5-7-21-13)18-12-8-17-19(9-10(2)3)15(20)14(12)16/h5-8,10-11,18H,4,9H2,1-3H3. The van der Waals surface area contributed by atoms with E-state index in [1.165, 1.54) is 9.56 Å². The zero-order valence-corrected chi connectivity index (χ0v) is 14.9. The van der Waals surface area contributed by atoms with Gasteiger partial charge in [0.2, 0.25) is 0 Å². The lowest BCUT2D eigenvalue weighted by atomic mass is 10.2. The van der Waals surface area contributed by atoms with Crippen LogP contribution >= 0.6 is 27.3 Å². The Kier molecular flexibility index (Phi) is 5.58. The number of thiophene rings is 1. The largest absolute Gasteiger partial charge is 0.375 e. The molecule has 0 aromatic carbocycles. The summed E-state index contributed by atoms with van der Waals surface area (Å²) >= 11 is 5.12. The van der Waals surface area contributed by atoms with E-state index in [0.29, 0.717) is 16.9 Å². The lowest BCUT2D eigenvalue weighted by Gasteiger charge is -2.18. The van der Waals surface area contributed by atoms with Crippen LogP contribution in [0.25, 0.3) is 0 Å². The number of anilines is 1. The molecule has 0 radical (unpaired) electrons. The van der Waals surface area contributed by atoms with Gasteiger partial charge in [0, 0.05) is 11.4 Å². The van der Waals surface area contributed by atoms with E-state index in [1.54, 1.807) is 17.5 Å². The summed E-state index contributed by atoms with van der Waals surface area (Å²) in [6.07, 6.45) is 2.67. The normalized spacial score (nSPS) is 12.6. The van der Waals surface area contributed by atoms with E-state index in [2.05, 4.69) is 58.6 Å². The van der Waals surface area contributed by atoms with Crippen molar-refractivity contribution in [3.05, 3.63) is 43.4 Å². The van der Waals surface area contributed by atoms with Gasteiger partial charge in [0.05, 0.1) is 17.9 Å². The Hall–Kier alpha value is -1.14. The Bertz CT molecular complexity index is 637. The quantitative estimate of drug-likeness (QED) is 0.825. The van der Waals surface area contributed by atoms with Crippen LogP contribution in [0.15, 0.2) is 33.0 Å². The zero-order valence-electron chi connectivity index (χ0n) is 12.5. The van der Waals surface area contributed by atoms with E-state index in [4.69, 9.17) is 0 Å². The van der Waals surface area contributed by atoms with E-state index in [1.807, 2.05) is 6.07 Å². The van der Waals surface area contributed by atoms with Crippen molar-refractivity contribution in [1.29, 1.82) is 0 Å². The van der Waals surface area contributed by atoms with Gasteiger partial charge in [-0.2, -0.15) is 5.10 Å². The summed E-state index contributed by atoms with van der Waals surface area (Å²) < 4.78 is 2.06. The molecule has 0 amide bonds. The highest BCUT2D eigenvalue weighted by atomic mass is 79.9. The van der Waals surface area contributed by atoms with Gasteiger partial charge in [-0.25, -0.2) is 4.68 Å². The molecule has 0 aliphatic carbocycles. The monoisotopic (exact) mass is 369 g/mol. The van der Waals surface area contributed by atoms with Crippen LogP contribution in [0.3, 0.4) is 0 Å². The second-order valence-electron chi connectivity index (χ2n) is 5.37. The molecular formula is C15H20BrN3OS. The highest BCUT2D eigenvalue weighted by Crippen LogP contribution is 2.28. The molecule has 6 heteroatoms. The second kappa shape index (κ2) is 7.22. The lowest BCUT2D eigenvalue weighted by molar-refractivity contribution is 0.462. The minimum absolute atomic E-state index is 0.0882. The maximum atomic E-state index is 12.3. The van der Waals surface area contributed by atoms with Gasteiger partial charge in [-0.15, -0.1) is 11.3 Å². The van der Waals surface area contributed by atoms with Crippen LogP contribution in [-0.4, -0.2) is 9.78 Å². The van der Waals surface area contributed by atoms with Crippen molar-refractivity contribution < 1.29 is 0 Å². The summed E-state index contributed by atoms with van der Waals surface area (Å²) in [5, 5.41) is 9.73. The van der Waals surface area contributed by atoms with Crippen molar-refractivity contribution in [3.63, 3.8) is 0 Å². The van der Waals surface area contributed by atoms with E-state index in [-0.39, 0.29) is 11.6 Å². The Morgan fingerprint density at radius 3 is 2.81 bits per heavy atom. The first kappa shape index (κ1) is 16.2. The maximum absolute atomic E-state index is 12.3. The van der Waals surface area contributed by atoms with Crippen LogP contribution in [0.2, 0.25) is 0 Å². The molecule has 0 aliphatic heterocycles. The van der Waals surface area contributed by atoms with Gasteiger partial charge in [-0.3, -0.25) is 4.79 Å². The molecule has 2 aromatic heterocycles. The molecule has 0 aliphatic rings. The molecule has 1 N–H and O–H groups in total. The molecule has 21 heavy (non-hydrogen) atoms. The number of nitrogens with zero attached hydrogens (tertiary/aromatic N) is 2. The number of hydrogen-bond acceptors (Lipinski definition) is 4. The van der Waals surface area contributed by atoms with Crippen molar-refractivity contribution in [3.8, 4) is 0 Å². The lowest BCUT2D eigenvalue weighted by Crippen LogP contribution is -2.26. The molecule has 0 spiro atoms. The fourth-order valence-electron chi connectivity index (χ4n) is 2.09. The molecule has 2 aromatic rings. The van der Waals surface area contributed by atoms with Crippen LogP contribution in [0.4, 0.5) is 5.69 Å². The number of nitrogens with one attached hydrogen (secondary N) is 1. The predicted molar refractivity (Wildman–Crippen MR) is 92.0 cm³/mol. The van der Waals surface area contributed by atoms with Gasteiger partial charge in [0.25, 0.3) is 5.56 Å². The van der Waals surface area contributed by atoms with Gasteiger partial charge in [0.15, 0.2) is 0 Å². The van der Waals surface area contributed by atoms with Gasteiger partial charge >= 0.3 is 0 Å². The van der Waals surface area contributed by atoms with Crippen LogP contribution in [-0.2, 0) is 6.54 Å². The molecule has 0 bridgehead atoms. The fraction of sp³-hybridized carbons (Fsp3) is 0.467. The van der Waals surface area contributed by atoms with Gasteiger partial charge in [-0.1, -0.05) is 26.8 Å². The minimum Gasteiger partial charge on any atom is -0.375 e. The number of aromatic nitrogens is 2. The number of rotatable bonds is 6. The summed E-state index contributed by atoms with van der Waals surface area (Å²) in [5.74, 6) is 0.385. The predicted octanol–water partition coefficient (Wildman–Crippen LogP) is 4.29. The highest BCUT2D eigenvalue weighted by Gasteiger charge is 2.15. The summed E-state index contributed by atoms with van der Waals surface area (Å²) in [4.78, 5) is 13.6. The Labute approximate surface area is 137 Å². The van der Waals surface area contributed by atoms with Gasteiger partial charge in [0.1, 0.15) is 4.47 Å². The molecule has 2 rings (SSSR count). The van der Waals surface area contributed by atoms with Crippen molar-refractivity contribution in [1.82, 2.24) is 9.78 Å². The SMILES string of the molecule is CCC(Nc1cnn(CC(C)C)c(=O)c1Br)c1cccs1. The van der Waals surface area contributed by atoms with E-state index in [0.717, 1.165) is 12.1 Å². The van der Waals surface area contributed by atoms with Gasteiger partial charge < -0.3 is 5.32 Å². The van der Waals surface area contributed by atoms with Crippen LogP contribution in [0, 0.1) is 5.92 Å². The van der Waals surface area contributed by atoms with Gasteiger partial charge in [-0.05, 0) is 39.7 Å². The smallest absolute Gasteiger partial charge is 0.283 e. The van der Waals surface area contributed by atoms with Crippen LogP contribution in [0.5, 0.6) is 0 Å². The van der Waals surface area contributed by atoms with Crippen LogP contribution < -0.4 is 10.9 Å². The molecule has 2 heterocycles. The maximum Gasteiger partial charge on any atom is 0.283 e. The molecule has 1 atom stereocenters. The topological polar surface area (TPSA) is 46.9 Å². The summed E-state index contributed by atoms with van der Waals surface area (Å²) in [5.41, 5.74) is 0.662. The summed E-state index contributed by atoms with van der Waals surface area (Å²) in [6.45, 7) is 6.88. The van der Waals surface area contributed by atoms with Crippen molar-refractivity contribution in [2.24, 2.45) is 5.92 Å². The third-order valence-corrected chi connectivity index (χ3v) is 4.90. The second-order valence-corrected chi connectivity index (χ2v) is 7.15. The third-order valence-electron chi connectivity index (χ3n) is 3.15. The Morgan fingerprint density at radius 2 is 2.24 bits per heavy atom. The highest BCUT2D eigenvalue weighted by molar-refractivity contribution is 9.10. The minimum atomic E-state index is -0.0882. The molecule has 0 saturated heterocycles. The first-order valence-corrected chi connectivity index (χ1v) is 8.75. The van der Waals surface area contributed by atoms with E-state index in [9.17, 15) is 4.79 Å². The number of halogens is 1. The molecular weight excluding hydrogens is 350 g/mol. The molecule has 1 unspecified atom stereocenters. The van der Waals surface area contributed by atoms with Crippen LogP contribution in [0.1, 0.15) is 38.1 Å². The Morgan fingerprint density at radius 1 is 1.48 bits per heavy atom.